The van der Waals surface area contributed by atoms with E-state index < -0.39 is 18.3 Å². The lowest BCUT2D eigenvalue weighted by molar-refractivity contribution is -0.139. The molecule has 6 heteroatoms. The molecule has 0 aliphatic carbocycles. The van der Waals surface area contributed by atoms with Crippen molar-refractivity contribution in [1.29, 1.82) is 0 Å². The van der Waals surface area contributed by atoms with Crippen LogP contribution in [0.5, 0.6) is 11.5 Å². The average molecular weight is 298 g/mol. The molecule has 2 N–H and O–H groups in total. The third-order valence-corrected chi connectivity index (χ3v) is 2.84. The van der Waals surface area contributed by atoms with Gasteiger partial charge in [0.1, 0.15) is 18.1 Å². The van der Waals surface area contributed by atoms with E-state index in [1.807, 2.05) is 0 Å². The molecule has 0 bridgehead atoms. The van der Waals surface area contributed by atoms with Crippen LogP contribution in [-0.2, 0) is 19.4 Å². The number of phenols is 1. The molecule has 0 radical (unpaired) electrons. The van der Waals surface area contributed by atoms with Crippen molar-refractivity contribution in [2.75, 3.05) is 0 Å². The van der Waals surface area contributed by atoms with Gasteiger partial charge in [-0.15, -0.1) is 0 Å². The van der Waals surface area contributed by atoms with Crippen molar-refractivity contribution in [2.45, 2.75) is 19.4 Å². The van der Waals surface area contributed by atoms with Crippen molar-refractivity contribution < 1.29 is 28.1 Å². The van der Waals surface area contributed by atoms with Gasteiger partial charge < -0.3 is 14.9 Å². The van der Waals surface area contributed by atoms with Crippen molar-refractivity contribution in [3.8, 4) is 11.5 Å². The molecule has 0 fully saturated rings. The number of ether oxygens (including phenoxy) is 1. The fourth-order valence-corrected chi connectivity index (χ4v) is 1.83. The summed E-state index contributed by atoms with van der Waals surface area (Å²) in [5.41, 5.74) is -0.226. The van der Waals surface area contributed by atoms with Crippen LogP contribution in [0.2, 0.25) is 0 Å². The molecule has 0 unspecified atom stereocenters. The molecule has 0 atom stereocenters. The first-order valence-electron chi connectivity index (χ1n) is 6.12. The number of phenolic OH excluding ortho intramolecular Hbond substituents is 1. The highest BCUT2D eigenvalue weighted by Crippen LogP contribution is 2.37. The first-order valence-corrected chi connectivity index (χ1v) is 6.12. The lowest BCUT2D eigenvalue weighted by atomic mass is 10.1. The SMILES string of the molecule is OCc1ccc(OCc2cccc(O)c2)c(C(F)(F)F)c1. The molecule has 3 nitrogen and oxygen atoms in total. The molecule has 0 spiro atoms. The minimum absolute atomic E-state index is 0.0165. The lowest BCUT2D eigenvalue weighted by Gasteiger charge is -2.15. The van der Waals surface area contributed by atoms with Gasteiger partial charge in [-0.25, -0.2) is 0 Å². The van der Waals surface area contributed by atoms with E-state index in [4.69, 9.17) is 9.84 Å². The Balaban J connectivity index is 2.23. The van der Waals surface area contributed by atoms with E-state index in [0.29, 0.717) is 5.56 Å². The summed E-state index contributed by atoms with van der Waals surface area (Å²) in [5, 5.41) is 18.2. The monoisotopic (exact) mass is 298 g/mol. The zero-order valence-corrected chi connectivity index (χ0v) is 10.9. The average Bonchev–Trinajstić information content (AvgIpc) is 2.44. The number of aliphatic hydroxyl groups excluding tert-OH is 1. The molecule has 2 aromatic carbocycles. The Morgan fingerprint density at radius 3 is 2.38 bits per heavy atom. The van der Waals surface area contributed by atoms with Gasteiger partial charge in [0.25, 0.3) is 0 Å². The fraction of sp³-hybridized carbons (Fsp3) is 0.200. The highest BCUT2D eigenvalue weighted by Gasteiger charge is 2.34. The van der Waals surface area contributed by atoms with E-state index in [9.17, 15) is 18.3 Å². The van der Waals surface area contributed by atoms with Crippen LogP contribution in [-0.4, -0.2) is 10.2 Å². The van der Waals surface area contributed by atoms with Crippen LogP contribution in [0.25, 0.3) is 0 Å². The molecule has 0 aliphatic heterocycles. The van der Waals surface area contributed by atoms with Crippen molar-refractivity contribution in [2.24, 2.45) is 0 Å². The Morgan fingerprint density at radius 2 is 1.76 bits per heavy atom. The summed E-state index contributed by atoms with van der Waals surface area (Å²) in [6.07, 6.45) is -4.57. The zero-order valence-electron chi connectivity index (χ0n) is 10.9. The van der Waals surface area contributed by atoms with Gasteiger partial charge in [-0.05, 0) is 35.4 Å². The highest BCUT2D eigenvalue weighted by molar-refractivity contribution is 5.39. The van der Waals surface area contributed by atoms with Gasteiger partial charge in [0, 0.05) is 0 Å². The first-order chi connectivity index (χ1) is 9.90. The molecule has 0 saturated carbocycles. The van der Waals surface area contributed by atoms with Gasteiger partial charge in [0.2, 0.25) is 0 Å². The van der Waals surface area contributed by atoms with E-state index in [0.717, 1.165) is 6.07 Å². The van der Waals surface area contributed by atoms with Crippen molar-refractivity contribution >= 4 is 0 Å². The number of aliphatic hydroxyl groups is 1. The quantitative estimate of drug-likeness (QED) is 0.908. The number of benzene rings is 2. The Labute approximate surface area is 119 Å². The number of rotatable bonds is 4. The van der Waals surface area contributed by atoms with Crippen LogP contribution in [0.3, 0.4) is 0 Å². The van der Waals surface area contributed by atoms with Crippen LogP contribution in [0.4, 0.5) is 13.2 Å². The Bertz CT molecular complexity index is 624. The lowest BCUT2D eigenvalue weighted by Crippen LogP contribution is -2.09. The summed E-state index contributed by atoms with van der Waals surface area (Å²) in [4.78, 5) is 0. The molecule has 112 valence electrons. The van der Waals surface area contributed by atoms with Gasteiger partial charge >= 0.3 is 6.18 Å². The molecule has 0 aliphatic rings. The van der Waals surface area contributed by atoms with Gasteiger partial charge in [0.05, 0.1) is 12.2 Å². The molecule has 2 aromatic rings. The number of aromatic hydroxyl groups is 1. The van der Waals surface area contributed by atoms with Gasteiger partial charge in [0.15, 0.2) is 0 Å². The molecule has 21 heavy (non-hydrogen) atoms. The van der Waals surface area contributed by atoms with E-state index in [-0.39, 0.29) is 23.7 Å². The van der Waals surface area contributed by atoms with E-state index in [1.54, 1.807) is 12.1 Å². The van der Waals surface area contributed by atoms with Crippen molar-refractivity contribution in [3.05, 3.63) is 59.2 Å². The summed E-state index contributed by atoms with van der Waals surface area (Å²) in [7, 11) is 0. The molecule has 0 saturated heterocycles. The fourth-order valence-electron chi connectivity index (χ4n) is 1.83. The van der Waals surface area contributed by atoms with Gasteiger partial charge in [-0.1, -0.05) is 18.2 Å². The maximum absolute atomic E-state index is 13.0. The highest BCUT2D eigenvalue weighted by atomic mass is 19.4. The number of hydrogen-bond acceptors (Lipinski definition) is 3. The van der Waals surface area contributed by atoms with Crippen LogP contribution in [0.1, 0.15) is 16.7 Å². The zero-order chi connectivity index (χ0) is 15.5. The van der Waals surface area contributed by atoms with E-state index >= 15 is 0 Å². The Kier molecular flexibility index (Phi) is 4.37. The largest absolute Gasteiger partial charge is 0.508 e. The topological polar surface area (TPSA) is 49.7 Å². The number of alkyl halides is 3. The van der Waals surface area contributed by atoms with Gasteiger partial charge in [-0.2, -0.15) is 13.2 Å². The van der Waals surface area contributed by atoms with Crippen LogP contribution < -0.4 is 4.74 Å². The minimum atomic E-state index is -4.57. The van der Waals surface area contributed by atoms with E-state index in [2.05, 4.69) is 0 Å². The Hall–Kier alpha value is -2.21. The van der Waals surface area contributed by atoms with Gasteiger partial charge in [-0.3, -0.25) is 0 Å². The van der Waals surface area contributed by atoms with Crippen LogP contribution in [0, 0.1) is 0 Å². The summed E-state index contributed by atoms with van der Waals surface area (Å²) in [5.74, 6) is -0.300. The molecular weight excluding hydrogens is 285 g/mol. The molecule has 0 aromatic heterocycles. The Morgan fingerprint density at radius 1 is 1.00 bits per heavy atom. The maximum Gasteiger partial charge on any atom is 0.419 e. The smallest absolute Gasteiger partial charge is 0.419 e. The standard InChI is InChI=1S/C15H13F3O3/c16-15(17,18)13-7-10(8-19)4-5-14(13)21-9-11-2-1-3-12(20)6-11/h1-7,19-20H,8-9H2. The predicted molar refractivity (Wildman–Crippen MR) is 69.8 cm³/mol. The molecular formula is C15H13F3O3. The molecule has 0 heterocycles. The van der Waals surface area contributed by atoms with Crippen molar-refractivity contribution in [3.63, 3.8) is 0 Å². The number of hydrogen-bond donors (Lipinski definition) is 2. The summed E-state index contributed by atoms with van der Waals surface area (Å²) in [6, 6.07) is 9.49. The first kappa shape index (κ1) is 15.2. The molecule has 2 rings (SSSR count). The second-order valence-electron chi connectivity index (χ2n) is 4.44. The summed E-state index contributed by atoms with van der Waals surface area (Å²) >= 11 is 0. The summed E-state index contributed by atoms with van der Waals surface area (Å²) < 4.78 is 44.1. The predicted octanol–water partition coefficient (Wildman–Crippen LogP) is 3.48. The number of halogens is 3. The maximum atomic E-state index is 13.0. The van der Waals surface area contributed by atoms with E-state index in [1.165, 1.54) is 24.3 Å². The van der Waals surface area contributed by atoms with Crippen LogP contribution in [0.15, 0.2) is 42.5 Å². The van der Waals surface area contributed by atoms with Crippen LogP contribution >= 0.6 is 0 Å². The minimum Gasteiger partial charge on any atom is -0.508 e. The third-order valence-electron chi connectivity index (χ3n) is 2.84. The second-order valence-corrected chi connectivity index (χ2v) is 4.44. The summed E-state index contributed by atoms with van der Waals surface area (Å²) in [6.45, 7) is -0.578. The second kappa shape index (κ2) is 6.05. The third kappa shape index (κ3) is 3.88. The molecule has 0 amide bonds. The van der Waals surface area contributed by atoms with Crippen molar-refractivity contribution in [1.82, 2.24) is 0 Å². The normalized spacial score (nSPS) is 11.4.